The Kier molecular flexibility index (Phi) is 2.03. The number of aromatic amines is 1. The molecule has 1 aromatic rings. The second-order valence-corrected chi connectivity index (χ2v) is 4.20. The van der Waals surface area contributed by atoms with Gasteiger partial charge in [-0.3, -0.25) is 0 Å². The maximum Gasteiger partial charge on any atom is 0.0925 e. The molecule has 0 unspecified atom stereocenters. The Morgan fingerprint density at radius 3 is 2.45 bits per heavy atom. The van der Waals surface area contributed by atoms with E-state index in [0.29, 0.717) is 5.41 Å². The van der Waals surface area contributed by atoms with Gasteiger partial charge in [0.05, 0.1) is 12.0 Å². The highest BCUT2D eigenvalue weighted by Gasteiger charge is 2.13. The van der Waals surface area contributed by atoms with Crippen LogP contribution in [0.2, 0.25) is 0 Å². The molecule has 1 heterocycles. The molecular weight excluding hydrogens is 136 g/mol. The van der Waals surface area contributed by atoms with E-state index in [1.807, 2.05) is 6.92 Å². The summed E-state index contributed by atoms with van der Waals surface area (Å²) in [6.45, 7) is 8.73. The molecule has 0 aliphatic rings. The van der Waals surface area contributed by atoms with E-state index in [1.165, 1.54) is 5.69 Å². The molecule has 0 saturated heterocycles. The van der Waals surface area contributed by atoms with Crippen molar-refractivity contribution in [3.63, 3.8) is 0 Å². The first-order valence-corrected chi connectivity index (χ1v) is 3.98. The molecule has 2 nitrogen and oxygen atoms in total. The number of nitrogens with one attached hydrogen (secondary N) is 1. The van der Waals surface area contributed by atoms with Crippen LogP contribution in [0.4, 0.5) is 0 Å². The molecule has 62 valence electrons. The molecule has 0 bridgehead atoms. The lowest BCUT2D eigenvalue weighted by molar-refractivity contribution is 0.406. The lowest BCUT2D eigenvalue weighted by atomic mass is 9.90. The molecule has 0 aliphatic heterocycles. The van der Waals surface area contributed by atoms with Gasteiger partial charge in [0.15, 0.2) is 0 Å². The number of H-pyrrole nitrogens is 1. The van der Waals surface area contributed by atoms with Crippen LogP contribution in [0.25, 0.3) is 0 Å². The van der Waals surface area contributed by atoms with Gasteiger partial charge in [-0.25, -0.2) is 4.98 Å². The van der Waals surface area contributed by atoms with Gasteiger partial charge in [-0.2, -0.15) is 0 Å². The zero-order chi connectivity index (χ0) is 8.48. The van der Waals surface area contributed by atoms with Crippen LogP contribution < -0.4 is 0 Å². The summed E-state index contributed by atoms with van der Waals surface area (Å²) in [6, 6.07) is 0. The first kappa shape index (κ1) is 8.31. The van der Waals surface area contributed by atoms with Crippen LogP contribution in [-0.4, -0.2) is 9.97 Å². The second-order valence-electron chi connectivity index (χ2n) is 4.20. The highest BCUT2D eigenvalue weighted by molar-refractivity contribution is 5.10. The van der Waals surface area contributed by atoms with Gasteiger partial charge in [0, 0.05) is 5.69 Å². The minimum Gasteiger partial charge on any atom is -0.348 e. The highest BCUT2D eigenvalue weighted by Crippen LogP contribution is 2.20. The van der Waals surface area contributed by atoms with Crippen molar-refractivity contribution in [2.75, 3.05) is 0 Å². The van der Waals surface area contributed by atoms with Gasteiger partial charge >= 0.3 is 0 Å². The fourth-order valence-corrected chi connectivity index (χ4v) is 1.10. The molecule has 1 aromatic heterocycles. The van der Waals surface area contributed by atoms with Crippen molar-refractivity contribution in [3.8, 4) is 0 Å². The summed E-state index contributed by atoms with van der Waals surface area (Å²) in [5.41, 5.74) is 2.73. The van der Waals surface area contributed by atoms with E-state index >= 15 is 0 Å². The Morgan fingerprint density at radius 2 is 2.09 bits per heavy atom. The summed E-state index contributed by atoms with van der Waals surface area (Å²) in [4.78, 5) is 7.30. The van der Waals surface area contributed by atoms with Crippen molar-refractivity contribution in [1.82, 2.24) is 9.97 Å². The van der Waals surface area contributed by atoms with Gasteiger partial charge < -0.3 is 4.98 Å². The van der Waals surface area contributed by atoms with Crippen molar-refractivity contribution in [1.29, 1.82) is 0 Å². The second kappa shape index (κ2) is 2.68. The molecule has 2 heteroatoms. The predicted octanol–water partition coefficient (Wildman–Crippen LogP) is 2.31. The molecule has 0 saturated carbocycles. The average Bonchev–Trinajstić information content (AvgIpc) is 2.12. The standard InChI is InChI=1S/C9H16N2/c1-7-8(11-6-10-7)5-9(2,3)4/h6H,5H2,1-4H3,(H,10,11). The molecule has 0 radical (unpaired) electrons. The minimum atomic E-state index is 0.345. The van der Waals surface area contributed by atoms with E-state index in [1.54, 1.807) is 6.33 Å². The van der Waals surface area contributed by atoms with Crippen LogP contribution in [0.15, 0.2) is 6.33 Å². The van der Waals surface area contributed by atoms with Crippen LogP contribution >= 0.6 is 0 Å². The Bertz CT molecular complexity index is 230. The Hall–Kier alpha value is -0.790. The first-order valence-electron chi connectivity index (χ1n) is 3.98. The SMILES string of the molecule is Cc1nc[nH]c1CC(C)(C)C. The van der Waals surface area contributed by atoms with Gasteiger partial charge in [0.25, 0.3) is 0 Å². The van der Waals surface area contributed by atoms with Crippen molar-refractivity contribution in [2.24, 2.45) is 5.41 Å². The largest absolute Gasteiger partial charge is 0.348 e. The fourth-order valence-electron chi connectivity index (χ4n) is 1.10. The zero-order valence-corrected chi connectivity index (χ0v) is 7.73. The molecular formula is C9H16N2. The number of hydrogen-bond acceptors (Lipinski definition) is 1. The summed E-state index contributed by atoms with van der Waals surface area (Å²) in [6.07, 6.45) is 2.83. The molecule has 0 aromatic carbocycles. The third-order valence-corrected chi connectivity index (χ3v) is 1.64. The third-order valence-electron chi connectivity index (χ3n) is 1.64. The summed E-state index contributed by atoms with van der Waals surface area (Å²) in [7, 11) is 0. The molecule has 11 heavy (non-hydrogen) atoms. The number of imidazole rings is 1. The van der Waals surface area contributed by atoms with E-state index in [9.17, 15) is 0 Å². The van der Waals surface area contributed by atoms with Gasteiger partial charge in [-0.15, -0.1) is 0 Å². The Labute approximate surface area is 68.0 Å². The van der Waals surface area contributed by atoms with Crippen molar-refractivity contribution in [3.05, 3.63) is 17.7 Å². The van der Waals surface area contributed by atoms with Gasteiger partial charge in [0.2, 0.25) is 0 Å². The monoisotopic (exact) mass is 152 g/mol. The molecule has 1 rings (SSSR count). The number of aromatic nitrogens is 2. The fraction of sp³-hybridized carbons (Fsp3) is 0.667. The number of hydrogen-bond donors (Lipinski definition) is 1. The Morgan fingerprint density at radius 1 is 1.45 bits per heavy atom. The summed E-state index contributed by atoms with van der Waals surface area (Å²) < 4.78 is 0. The smallest absolute Gasteiger partial charge is 0.0925 e. The molecule has 0 spiro atoms. The Balaban J connectivity index is 2.72. The van der Waals surface area contributed by atoms with Crippen LogP contribution in [0, 0.1) is 12.3 Å². The highest BCUT2D eigenvalue weighted by atomic mass is 14.9. The van der Waals surface area contributed by atoms with E-state index < -0.39 is 0 Å². The van der Waals surface area contributed by atoms with E-state index in [2.05, 4.69) is 30.7 Å². The van der Waals surface area contributed by atoms with Crippen LogP contribution in [-0.2, 0) is 6.42 Å². The lowest BCUT2D eigenvalue weighted by Crippen LogP contribution is -2.10. The lowest BCUT2D eigenvalue weighted by Gasteiger charge is -2.16. The van der Waals surface area contributed by atoms with E-state index in [4.69, 9.17) is 0 Å². The molecule has 0 atom stereocenters. The topological polar surface area (TPSA) is 28.7 Å². The number of aryl methyl sites for hydroxylation is 1. The quantitative estimate of drug-likeness (QED) is 0.657. The van der Waals surface area contributed by atoms with Crippen molar-refractivity contribution < 1.29 is 0 Å². The van der Waals surface area contributed by atoms with Crippen molar-refractivity contribution in [2.45, 2.75) is 34.1 Å². The maximum atomic E-state index is 4.15. The molecule has 0 amide bonds. The summed E-state index contributed by atoms with van der Waals surface area (Å²) >= 11 is 0. The predicted molar refractivity (Wildman–Crippen MR) is 46.5 cm³/mol. The molecule has 0 fully saturated rings. The zero-order valence-electron chi connectivity index (χ0n) is 7.73. The van der Waals surface area contributed by atoms with Gasteiger partial charge in [-0.1, -0.05) is 20.8 Å². The molecule has 0 aliphatic carbocycles. The summed E-state index contributed by atoms with van der Waals surface area (Å²) in [5, 5.41) is 0. The first-order chi connectivity index (χ1) is 4.99. The minimum absolute atomic E-state index is 0.345. The van der Waals surface area contributed by atoms with Gasteiger partial charge in [0.1, 0.15) is 0 Å². The third kappa shape index (κ3) is 2.37. The van der Waals surface area contributed by atoms with E-state index in [-0.39, 0.29) is 0 Å². The van der Waals surface area contributed by atoms with Crippen LogP contribution in [0.5, 0.6) is 0 Å². The normalized spacial score (nSPS) is 12.0. The summed E-state index contributed by atoms with van der Waals surface area (Å²) in [5.74, 6) is 0. The van der Waals surface area contributed by atoms with E-state index in [0.717, 1.165) is 12.1 Å². The van der Waals surface area contributed by atoms with Crippen LogP contribution in [0.1, 0.15) is 32.2 Å². The maximum absolute atomic E-state index is 4.15. The average molecular weight is 152 g/mol. The molecule has 1 N–H and O–H groups in total. The number of nitrogens with zero attached hydrogens (tertiary/aromatic N) is 1. The van der Waals surface area contributed by atoms with Gasteiger partial charge in [-0.05, 0) is 18.8 Å². The van der Waals surface area contributed by atoms with Crippen molar-refractivity contribution >= 4 is 0 Å². The van der Waals surface area contributed by atoms with Crippen LogP contribution in [0.3, 0.4) is 0 Å². The number of rotatable bonds is 1.